The van der Waals surface area contributed by atoms with Crippen molar-refractivity contribution in [3.63, 3.8) is 0 Å². The second-order valence-corrected chi connectivity index (χ2v) is 9.10. The van der Waals surface area contributed by atoms with Crippen LogP contribution in [-0.4, -0.2) is 33.2 Å². The van der Waals surface area contributed by atoms with Gasteiger partial charge in [-0.15, -0.1) is 0 Å². The molecule has 0 unspecified atom stereocenters. The fourth-order valence-electron chi connectivity index (χ4n) is 5.14. The van der Waals surface area contributed by atoms with Crippen molar-refractivity contribution < 1.29 is 9.53 Å². The number of hydrogen-bond acceptors (Lipinski definition) is 5. The SMILES string of the molecule is CCOC(=O)c1cc2c(n1Cc1ccccc1)-c1nc(NC3CCCCC3)ncc1CCC2. The van der Waals surface area contributed by atoms with Crippen molar-refractivity contribution in [3.8, 4) is 11.4 Å². The molecule has 5 rings (SSSR count). The molecule has 1 aromatic carbocycles. The molecule has 2 aliphatic rings. The number of esters is 1. The highest BCUT2D eigenvalue weighted by atomic mass is 16.5. The first-order chi connectivity index (χ1) is 16.2. The minimum absolute atomic E-state index is 0.280. The van der Waals surface area contributed by atoms with Gasteiger partial charge in [-0.3, -0.25) is 0 Å². The Morgan fingerprint density at radius 2 is 1.88 bits per heavy atom. The Morgan fingerprint density at radius 3 is 2.67 bits per heavy atom. The standard InChI is InChI=1S/C27H32N4O2/c1-2-33-26(32)23-16-20-12-9-13-21-17-28-27(29-22-14-7-4-8-15-22)30-24(21)25(20)31(23)18-19-10-5-3-6-11-19/h3,5-6,10-11,16-17,22H,2,4,7-9,12-15,18H2,1H3,(H,28,29,30). The van der Waals surface area contributed by atoms with Crippen molar-refractivity contribution in [3.05, 3.63) is 65.0 Å². The summed E-state index contributed by atoms with van der Waals surface area (Å²) in [6.45, 7) is 2.80. The lowest BCUT2D eigenvalue weighted by Crippen LogP contribution is -2.23. The van der Waals surface area contributed by atoms with Crippen molar-refractivity contribution in [2.24, 2.45) is 0 Å². The van der Waals surface area contributed by atoms with E-state index in [0.717, 1.165) is 47.3 Å². The summed E-state index contributed by atoms with van der Waals surface area (Å²) in [7, 11) is 0. The summed E-state index contributed by atoms with van der Waals surface area (Å²) in [5.41, 5.74) is 6.02. The van der Waals surface area contributed by atoms with Crippen LogP contribution in [0.5, 0.6) is 0 Å². The number of hydrogen-bond donors (Lipinski definition) is 1. The van der Waals surface area contributed by atoms with E-state index >= 15 is 0 Å². The summed E-state index contributed by atoms with van der Waals surface area (Å²) in [4.78, 5) is 22.6. The molecular formula is C27H32N4O2. The molecule has 172 valence electrons. The lowest BCUT2D eigenvalue weighted by molar-refractivity contribution is 0.0514. The number of ether oxygens (including phenoxy) is 1. The minimum atomic E-state index is -0.280. The van der Waals surface area contributed by atoms with Gasteiger partial charge in [0.2, 0.25) is 5.95 Å². The molecule has 0 bridgehead atoms. The maximum absolute atomic E-state index is 12.9. The molecule has 2 aromatic heterocycles. The maximum Gasteiger partial charge on any atom is 0.354 e. The molecule has 1 saturated carbocycles. The van der Waals surface area contributed by atoms with Crippen molar-refractivity contribution in [2.45, 2.75) is 70.9 Å². The maximum atomic E-state index is 12.9. The van der Waals surface area contributed by atoms with Gasteiger partial charge in [-0.1, -0.05) is 49.6 Å². The van der Waals surface area contributed by atoms with Gasteiger partial charge in [0.1, 0.15) is 5.69 Å². The summed E-state index contributed by atoms with van der Waals surface area (Å²) in [5.74, 6) is 0.413. The summed E-state index contributed by atoms with van der Waals surface area (Å²) in [6.07, 6.45) is 11.0. The molecule has 6 nitrogen and oxygen atoms in total. The third-order valence-electron chi connectivity index (χ3n) is 6.76. The topological polar surface area (TPSA) is 69.0 Å². The highest BCUT2D eigenvalue weighted by molar-refractivity contribution is 5.90. The second kappa shape index (κ2) is 9.77. The molecule has 0 saturated heterocycles. The molecule has 0 aliphatic heterocycles. The van der Waals surface area contributed by atoms with Crippen LogP contribution >= 0.6 is 0 Å². The van der Waals surface area contributed by atoms with Gasteiger partial charge in [0.25, 0.3) is 0 Å². The van der Waals surface area contributed by atoms with Gasteiger partial charge >= 0.3 is 5.97 Å². The first-order valence-electron chi connectivity index (χ1n) is 12.3. The van der Waals surface area contributed by atoms with Crippen molar-refractivity contribution in [2.75, 3.05) is 11.9 Å². The zero-order chi connectivity index (χ0) is 22.6. The predicted octanol–water partition coefficient (Wildman–Crippen LogP) is 5.40. The number of anilines is 1. The Labute approximate surface area is 195 Å². The number of carbonyl (C=O) groups is 1. The molecule has 0 radical (unpaired) electrons. The van der Waals surface area contributed by atoms with Gasteiger partial charge in [0, 0.05) is 18.8 Å². The molecule has 2 heterocycles. The van der Waals surface area contributed by atoms with Crippen LogP contribution in [0.3, 0.4) is 0 Å². The Hall–Kier alpha value is -3.15. The Bertz CT molecular complexity index is 1120. The number of aromatic nitrogens is 3. The van der Waals surface area contributed by atoms with Crippen LogP contribution in [0.4, 0.5) is 5.95 Å². The van der Waals surface area contributed by atoms with Crippen LogP contribution in [-0.2, 0) is 24.1 Å². The number of benzene rings is 1. The van der Waals surface area contributed by atoms with Gasteiger partial charge in [0.15, 0.2) is 0 Å². The molecule has 1 N–H and O–H groups in total. The number of aryl methyl sites for hydroxylation is 2. The summed E-state index contributed by atoms with van der Waals surface area (Å²) < 4.78 is 7.52. The van der Waals surface area contributed by atoms with E-state index in [9.17, 15) is 4.79 Å². The van der Waals surface area contributed by atoms with Crippen molar-refractivity contribution in [1.29, 1.82) is 0 Å². The summed E-state index contributed by atoms with van der Waals surface area (Å²) in [5, 5.41) is 3.58. The molecule has 33 heavy (non-hydrogen) atoms. The van der Waals surface area contributed by atoms with E-state index in [4.69, 9.17) is 9.72 Å². The van der Waals surface area contributed by atoms with Crippen LogP contribution in [0.2, 0.25) is 0 Å². The quantitative estimate of drug-likeness (QED) is 0.515. The summed E-state index contributed by atoms with van der Waals surface area (Å²) in [6, 6.07) is 12.7. The van der Waals surface area contributed by atoms with Gasteiger partial charge in [-0.2, -0.15) is 0 Å². The minimum Gasteiger partial charge on any atom is -0.461 e. The van der Waals surface area contributed by atoms with Crippen LogP contribution < -0.4 is 5.32 Å². The highest BCUT2D eigenvalue weighted by Gasteiger charge is 2.27. The summed E-state index contributed by atoms with van der Waals surface area (Å²) >= 11 is 0. The number of nitrogens with zero attached hydrogens (tertiary/aromatic N) is 3. The molecule has 3 aromatic rings. The first-order valence-corrected chi connectivity index (χ1v) is 12.3. The smallest absolute Gasteiger partial charge is 0.354 e. The normalized spacial score (nSPS) is 15.9. The van der Waals surface area contributed by atoms with E-state index in [2.05, 4.69) is 27.0 Å². The fourth-order valence-corrected chi connectivity index (χ4v) is 5.14. The zero-order valence-electron chi connectivity index (χ0n) is 19.3. The van der Waals surface area contributed by atoms with E-state index in [1.54, 1.807) is 0 Å². The number of nitrogens with one attached hydrogen (secondary N) is 1. The van der Waals surface area contributed by atoms with E-state index in [1.807, 2.05) is 37.4 Å². The Morgan fingerprint density at radius 1 is 1.09 bits per heavy atom. The zero-order valence-corrected chi connectivity index (χ0v) is 19.3. The van der Waals surface area contributed by atoms with Crippen LogP contribution in [0, 0.1) is 0 Å². The van der Waals surface area contributed by atoms with Crippen LogP contribution in [0.15, 0.2) is 42.6 Å². The molecule has 0 spiro atoms. The Kier molecular flexibility index (Phi) is 6.42. The fraction of sp³-hybridized carbons (Fsp3) is 0.444. The third-order valence-corrected chi connectivity index (χ3v) is 6.76. The second-order valence-electron chi connectivity index (χ2n) is 9.10. The Balaban J connectivity index is 1.59. The van der Waals surface area contributed by atoms with E-state index < -0.39 is 0 Å². The average Bonchev–Trinajstić information content (AvgIpc) is 3.09. The van der Waals surface area contributed by atoms with E-state index in [0.29, 0.717) is 30.8 Å². The molecule has 1 fully saturated rings. The van der Waals surface area contributed by atoms with Gasteiger partial charge in [-0.25, -0.2) is 14.8 Å². The van der Waals surface area contributed by atoms with E-state index in [1.165, 1.54) is 32.1 Å². The monoisotopic (exact) mass is 444 g/mol. The molecule has 0 atom stereocenters. The van der Waals surface area contributed by atoms with E-state index in [-0.39, 0.29) is 5.97 Å². The predicted molar refractivity (Wildman–Crippen MR) is 129 cm³/mol. The molecule has 6 heteroatoms. The molecular weight excluding hydrogens is 412 g/mol. The van der Waals surface area contributed by atoms with Gasteiger partial charge in [-0.05, 0) is 61.8 Å². The highest BCUT2D eigenvalue weighted by Crippen LogP contribution is 2.35. The lowest BCUT2D eigenvalue weighted by Gasteiger charge is -2.23. The molecule has 2 aliphatic carbocycles. The number of rotatable bonds is 6. The average molecular weight is 445 g/mol. The van der Waals surface area contributed by atoms with Crippen LogP contribution in [0.25, 0.3) is 11.4 Å². The van der Waals surface area contributed by atoms with Gasteiger partial charge < -0.3 is 14.6 Å². The largest absolute Gasteiger partial charge is 0.461 e. The van der Waals surface area contributed by atoms with Gasteiger partial charge in [0.05, 0.1) is 18.0 Å². The molecule has 0 amide bonds. The third kappa shape index (κ3) is 4.65. The number of carbonyl (C=O) groups excluding carboxylic acids is 1. The lowest BCUT2D eigenvalue weighted by atomic mass is 9.96. The first kappa shape index (κ1) is 21.7. The van der Waals surface area contributed by atoms with Crippen molar-refractivity contribution >= 4 is 11.9 Å². The number of fused-ring (bicyclic) bond motifs is 3. The van der Waals surface area contributed by atoms with Crippen molar-refractivity contribution in [1.82, 2.24) is 14.5 Å². The van der Waals surface area contributed by atoms with Crippen LogP contribution in [0.1, 0.15) is 72.6 Å².